The second-order valence-electron chi connectivity index (χ2n) is 5.52. The van der Waals surface area contributed by atoms with Crippen LogP contribution in [0, 0.1) is 13.8 Å². The molecular formula is C16H17BrN2O4. The molecule has 3 rings (SSSR count). The molecule has 3 heterocycles. The van der Waals surface area contributed by atoms with Crippen molar-refractivity contribution in [2.45, 2.75) is 13.8 Å². The van der Waals surface area contributed by atoms with Crippen LogP contribution in [-0.2, 0) is 0 Å². The van der Waals surface area contributed by atoms with Crippen LogP contribution in [0.3, 0.4) is 0 Å². The summed E-state index contributed by atoms with van der Waals surface area (Å²) < 4.78 is 11.2. The van der Waals surface area contributed by atoms with Gasteiger partial charge in [-0.1, -0.05) is 0 Å². The molecule has 1 aliphatic rings. The van der Waals surface area contributed by atoms with Gasteiger partial charge in [-0.2, -0.15) is 0 Å². The maximum absolute atomic E-state index is 12.5. The van der Waals surface area contributed by atoms with Gasteiger partial charge in [0.1, 0.15) is 11.5 Å². The summed E-state index contributed by atoms with van der Waals surface area (Å²) in [6.45, 7) is 5.57. The average molecular weight is 381 g/mol. The van der Waals surface area contributed by atoms with Gasteiger partial charge in [0.05, 0.1) is 5.56 Å². The van der Waals surface area contributed by atoms with Crippen molar-refractivity contribution in [1.82, 2.24) is 9.80 Å². The van der Waals surface area contributed by atoms with E-state index in [2.05, 4.69) is 15.9 Å². The Balaban J connectivity index is 1.63. The van der Waals surface area contributed by atoms with E-state index in [1.165, 1.54) is 0 Å². The fourth-order valence-corrected chi connectivity index (χ4v) is 3.02. The minimum absolute atomic E-state index is 0.0489. The first kappa shape index (κ1) is 15.9. The monoisotopic (exact) mass is 380 g/mol. The van der Waals surface area contributed by atoms with E-state index >= 15 is 0 Å². The van der Waals surface area contributed by atoms with Crippen LogP contribution in [0.2, 0.25) is 0 Å². The highest BCUT2D eigenvalue weighted by molar-refractivity contribution is 9.10. The van der Waals surface area contributed by atoms with Gasteiger partial charge in [0.2, 0.25) is 0 Å². The maximum Gasteiger partial charge on any atom is 0.289 e. The number of aryl methyl sites for hydroxylation is 2. The van der Waals surface area contributed by atoms with E-state index in [1.807, 2.05) is 6.92 Å². The largest absolute Gasteiger partial charge is 0.466 e. The smallest absolute Gasteiger partial charge is 0.289 e. The molecule has 0 saturated carbocycles. The molecule has 1 fully saturated rings. The molecule has 0 spiro atoms. The number of furan rings is 2. The Morgan fingerprint density at radius 3 is 2.09 bits per heavy atom. The lowest BCUT2D eigenvalue weighted by atomic mass is 10.2. The van der Waals surface area contributed by atoms with E-state index in [1.54, 1.807) is 34.9 Å². The highest BCUT2D eigenvalue weighted by atomic mass is 79.9. The van der Waals surface area contributed by atoms with Crippen LogP contribution in [-0.4, -0.2) is 47.8 Å². The number of piperazine rings is 1. The van der Waals surface area contributed by atoms with Gasteiger partial charge in [-0.25, -0.2) is 0 Å². The Morgan fingerprint density at radius 2 is 1.61 bits per heavy atom. The summed E-state index contributed by atoms with van der Waals surface area (Å²) in [5.74, 6) is 1.46. The van der Waals surface area contributed by atoms with E-state index in [0.29, 0.717) is 47.9 Å². The van der Waals surface area contributed by atoms with Gasteiger partial charge in [-0.3, -0.25) is 9.59 Å². The first-order chi connectivity index (χ1) is 11.0. The van der Waals surface area contributed by atoms with Crippen molar-refractivity contribution in [3.8, 4) is 0 Å². The zero-order chi connectivity index (χ0) is 16.6. The second kappa shape index (κ2) is 6.23. The van der Waals surface area contributed by atoms with Crippen LogP contribution in [0.1, 0.15) is 32.4 Å². The highest BCUT2D eigenvalue weighted by Crippen LogP contribution is 2.19. The lowest BCUT2D eigenvalue weighted by Gasteiger charge is -2.34. The topological polar surface area (TPSA) is 66.9 Å². The fourth-order valence-electron chi connectivity index (χ4n) is 2.71. The number of rotatable bonds is 2. The van der Waals surface area contributed by atoms with Crippen LogP contribution in [0.25, 0.3) is 0 Å². The van der Waals surface area contributed by atoms with Gasteiger partial charge in [0.25, 0.3) is 11.8 Å². The number of hydrogen-bond acceptors (Lipinski definition) is 4. The molecule has 2 aromatic rings. The molecule has 0 atom stereocenters. The van der Waals surface area contributed by atoms with Crippen LogP contribution in [0.15, 0.2) is 31.7 Å². The van der Waals surface area contributed by atoms with Gasteiger partial charge >= 0.3 is 0 Å². The van der Waals surface area contributed by atoms with Crippen LogP contribution in [0.5, 0.6) is 0 Å². The van der Waals surface area contributed by atoms with Gasteiger partial charge < -0.3 is 18.6 Å². The van der Waals surface area contributed by atoms with E-state index in [9.17, 15) is 9.59 Å². The van der Waals surface area contributed by atoms with Crippen molar-refractivity contribution in [2.24, 2.45) is 0 Å². The fraction of sp³-hybridized carbons (Fsp3) is 0.375. The molecule has 6 nitrogen and oxygen atoms in total. The van der Waals surface area contributed by atoms with E-state index in [-0.39, 0.29) is 11.8 Å². The van der Waals surface area contributed by atoms with E-state index in [4.69, 9.17) is 8.83 Å². The summed E-state index contributed by atoms with van der Waals surface area (Å²) >= 11 is 3.19. The summed E-state index contributed by atoms with van der Waals surface area (Å²) in [5, 5.41) is 0. The van der Waals surface area contributed by atoms with E-state index < -0.39 is 0 Å². The van der Waals surface area contributed by atoms with Crippen LogP contribution in [0.4, 0.5) is 0 Å². The third-order valence-electron chi connectivity index (χ3n) is 3.91. The van der Waals surface area contributed by atoms with Crippen LogP contribution < -0.4 is 0 Å². The average Bonchev–Trinajstić information content (AvgIpc) is 3.11. The van der Waals surface area contributed by atoms with E-state index in [0.717, 1.165) is 5.76 Å². The quantitative estimate of drug-likeness (QED) is 0.803. The predicted molar refractivity (Wildman–Crippen MR) is 86.4 cm³/mol. The summed E-state index contributed by atoms with van der Waals surface area (Å²) in [4.78, 5) is 28.3. The van der Waals surface area contributed by atoms with Crippen LogP contribution >= 0.6 is 15.9 Å². The zero-order valence-corrected chi connectivity index (χ0v) is 14.6. The maximum atomic E-state index is 12.5. The lowest BCUT2D eigenvalue weighted by Crippen LogP contribution is -2.50. The molecule has 7 heteroatoms. The molecule has 0 radical (unpaired) electrons. The first-order valence-corrected chi connectivity index (χ1v) is 8.16. The molecular weight excluding hydrogens is 364 g/mol. The molecule has 2 amide bonds. The number of hydrogen-bond donors (Lipinski definition) is 0. The molecule has 0 N–H and O–H groups in total. The van der Waals surface area contributed by atoms with Crippen molar-refractivity contribution in [1.29, 1.82) is 0 Å². The van der Waals surface area contributed by atoms with Gasteiger partial charge in [0.15, 0.2) is 10.4 Å². The Morgan fingerprint density at radius 1 is 1.00 bits per heavy atom. The zero-order valence-electron chi connectivity index (χ0n) is 13.0. The molecule has 1 saturated heterocycles. The van der Waals surface area contributed by atoms with Gasteiger partial charge in [0, 0.05) is 26.2 Å². The first-order valence-electron chi connectivity index (χ1n) is 7.36. The minimum Gasteiger partial charge on any atom is -0.466 e. The third kappa shape index (κ3) is 3.19. The minimum atomic E-state index is -0.155. The molecule has 23 heavy (non-hydrogen) atoms. The summed E-state index contributed by atoms with van der Waals surface area (Å²) in [6.07, 6.45) is 0. The Labute approximate surface area is 142 Å². The standard InChI is InChI=1S/C16H17BrN2O4/c1-10-9-12(11(2)22-10)15(20)18-5-7-19(8-6-18)16(21)13-3-4-14(17)23-13/h3-4,9H,5-8H2,1-2H3. The summed E-state index contributed by atoms with van der Waals surface area (Å²) in [6, 6.07) is 5.09. The van der Waals surface area contributed by atoms with Crippen molar-refractivity contribution in [3.05, 3.63) is 45.7 Å². The number of nitrogens with zero attached hydrogens (tertiary/aromatic N) is 2. The second-order valence-corrected chi connectivity index (χ2v) is 6.30. The predicted octanol–water partition coefficient (Wildman–Crippen LogP) is 2.85. The van der Waals surface area contributed by atoms with Gasteiger partial charge in [-0.15, -0.1) is 0 Å². The summed E-state index contributed by atoms with van der Waals surface area (Å²) in [5.41, 5.74) is 0.595. The normalized spacial score (nSPS) is 15.1. The SMILES string of the molecule is Cc1cc(C(=O)N2CCN(C(=O)c3ccc(Br)o3)CC2)c(C)o1. The molecule has 1 aliphatic heterocycles. The molecule has 0 bridgehead atoms. The van der Waals surface area contributed by atoms with Crippen molar-refractivity contribution in [3.63, 3.8) is 0 Å². The molecule has 122 valence electrons. The van der Waals surface area contributed by atoms with Crippen molar-refractivity contribution < 1.29 is 18.4 Å². The van der Waals surface area contributed by atoms with Gasteiger partial charge in [-0.05, 0) is 48.0 Å². The number of carbonyl (C=O) groups excluding carboxylic acids is 2. The Bertz CT molecular complexity index is 741. The molecule has 0 aliphatic carbocycles. The molecule has 2 aromatic heterocycles. The van der Waals surface area contributed by atoms with Crippen molar-refractivity contribution in [2.75, 3.05) is 26.2 Å². The molecule has 0 aromatic carbocycles. The molecule has 0 unspecified atom stereocenters. The third-order valence-corrected chi connectivity index (χ3v) is 4.34. The highest BCUT2D eigenvalue weighted by Gasteiger charge is 2.28. The summed E-state index contributed by atoms with van der Waals surface area (Å²) in [7, 11) is 0. The Kier molecular flexibility index (Phi) is 4.30. The number of halogens is 1. The lowest BCUT2D eigenvalue weighted by molar-refractivity contribution is 0.0516. The number of carbonyl (C=O) groups is 2. The number of amides is 2. The van der Waals surface area contributed by atoms with Crippen molar-refractivity contribution >= 4 is 27.7 Å². The Hall–Kier alpha value is -2.02.